The van der Waals surface area contributed by atoms with Crippen molar-refractivity contribution >= 4 is 40.4 Å². The third kappa shape index (κ3) is 4.17. The van der Waals surface area contributed by atoms with Crippen LogP contribution < -0.4 is 20.4 Å². The Balaban J connectivity index is 1.76. The van der Waals surface area contributed by atoms with Crippen LogP contribution in [0, 0.1) is 0 Å². The SMILES string of the molecule is CCc1ccc(OC2=Nc3ccc(Cl)cc3N(O)N2)cc1C1=C([O-])C(C)(C)OC(C)(C)C1=O. The number of nitrogens with zero attached hydrogens (tertiary/aromatic N) is 2. The molecule has 0 saturated heterocycles. The molecule has 0 unspecified atom stereocenters. The second-order valence-corrected chi connectivity index (χ2v) is 9.34. The molecular weight excluding hydrogens is 446 g/mol. The fourth-order valence-electron chi connectivity index (χ4n) is 4.04. The van der Waals surface area contributed by atoms with E-state index in [2.05, 4.69) is 10.4 Å². The first-order chi connectivity index (χ1) is 15.4. The number of ketones is 1. The number of nitrogens with one attached hydrogen (secondary N) is 1. The molecule has 0 spiro atoms. The van der Waals surface area contributed by atoms with Crippen LogP contribution >= 0.6 is 11.6 Å². The molecule has 0 atom stereocenters. The van der Waals surface area contributed by atoms with Crippen LogP contribution in [-0.4, -0.2) is 28.2 Å². The maximum atomic E-state index is 13.2. The second-order valence-electron chi connectivity index (χ2n) is 8.90. The molecule has 174 valence electrons. The summed E-state index contributed by atoms with van der Waals surface area (Å²) in [6.45, 7) is 8.60. The van der Waals surface area contributed by atoms with Crippen molar-refractivity contribution in [3.8, 4) is 5.75 Å². The number of amidine groups is 1. The minimum atomic E-state index is -1.15. The summed E-state index contributed by atoms with van der Waals surface area (Å²) in [5, 5.41) is 24.7. The van der Waals surface area contributed by atoms with Gasteiger partial charge in [0.15, 0.2) is 5.78 Å². The van der Waals surface area contributed by atoms with Crippen molar-refractivity contribution in [2.45, 2.75) is 52.2 Å². The minimum Gasteiger partial charge on any atom is -0.873 e. The smallest absolute Gasteiger partial charge is 0.316 e. The molecular formula is C24H25ClN3O5-. The lowest BCUT2D eigenvalue weighted by Crippen LogP contribution is -2.52. The summed E-state index contributed by atoms with van der Waals surface area (Å²) in [6, 6.07) is 10.0. The Morgan fingerprint density at radius 1 is 1.18 bits per heavy atom. The summed E-state index contributed by atoms with van der Waals surface area (Å²) >= 11 is 5.98. The fourth-order valence-corrected chi connectivity index (χ4v) is 4.21. The summed E-state index contributed by atoms with van der Waals surface area (Å²) in [5.74, 6) is -0.409. The van der Waals surface area contributed by atoms with Crippen LogP contribution in [0.3, 0.4) is 0 Å². The maximum Gasteiger partial charge on any atom is 0.316 e. The number of hydrazine groups is 1. The number of aliphatic imine (C=N–C) groups is 1. The lowest BCUT2D eigenvalue weighted by molar-refractivity contribution is -0.340. The number of hydrogen-bond donors (Lipinski definition) is 2. The molecule has 2 heterocycles. The first-order valence-corrected chi connectivity index (χ1v) is 10.9. The van der Waals surface area contributed by atoms with Crippen molar-refractivity contribution in [3.63, 3.8) is 0 Å². The number of fused-ring (bicyclic) bond motifs is 1. The number of aryl methyl sites for hydroxylation is 1. The molecule has 0 bridgehead atoms. The Kier molecular flexibility index (Phi) is 5.64. The highest BCUT2D eigenvalue weighted by molar-refractivity contribution is 6.31. The number of carbonyl (C=O) groups excluding carboxylic acids is 1. The molecule has 2 N–H and O–H groups in total. The van der Waals surface area contributed by atoms with E-state index in [1.54, 1.807) is 58.0 Å². The zero-order chi connectivity index (χ0) is 24.1. The number of carbonyl (C=O) groups is 1. The summed E-state index contributed by atoms with van der Waals surface area (Å²) < 4.78 is 11.6. The first kappa shape index (κ1) is 23.1. The first-order valence-electron chi connectivity index (χ1n) is 10.5. The van der Waals surface area contributed by atoms with E-state index in [9.17, 15) is 15.1 Å². The maximum absolute atomic E-state index is 13.2. The van der Waals surface area contributed by atoms with E-state index in [1.165, 1.54) is 0 Å². The normalized spacial score (nSPS) is 19.1. The second kappa shape index (κ2) is 8.06. The summed E-state index contributed by atoms with van der Waals surface area (Å²) in [4.78, 5) is 17.6. The lowest BCUT2D eigenvalue weighted by Gasteiger charge is -2.46. The van der Waals surface area contributed by atoms with E-state index in [0.717, 1.165) is 10.7 Å². The number of halogens is 1. The Bertz CT molecular complexity index is 1200. The van der Waals surface area contributed by atoms with E-state index in [0.29, 0.717) is 34.1 Å². The molecule has 0 aliphatic carbocycles. The molecule has 8 nitrogen and oxygen atoms in total. The third-order valence-electron chi connectivity index (χ3n) is 5.59. The number of Topliss-reactive ketones (excluding diaryl/α,β-unsaturated/α-hetero) is 1. The summed E-state index contributed by atoms with van der Waals surface area (Å²) in [7, 11) is 0. The van der Waals surface area contributed by atoms with Gasteiger partial charge in [0, 0.05) is 10.6 Å². The topological polar surface area (TPSA) is 106 Å². The van der Waals surface area contributed by atoms with Gasteiger partial charge in [0.05, 0.1) is 11.3 Å². The number of anilines is 1. The largest absolute Gasteiger partial charge is 0.873 e. The van der Waals surface area contributed by atoms with Gasteiger partial charge in [0.2, 0.25) is 0 Å². The molecule has 0 aromatic heterocycles. The van der Waals surface area contributed by atoms with Crippen LogP contribution in [0.5, 0.6) is 5.75 Å². The fraction of sp³-hybridized carbons (Fsp3) is 0.333. The molecule has 0 amide bonds. The molecule has 0 fully saturated rings. The van der Waals surface area contributed by atoms with Gasteiger partial charge in [-0.1, -0.05) is 30.4 Å². The third-order valence-corrected chi connectivity index (χ3v) is 5.83. The van der Waals surface area contributed by atoms with Crippen molar-refractivity contribution in [2.75, 3.05) is 5.17 Å². The number of benzene rings is 2. The Morgan fingerprint density at radius 2 is 1.91 bits per heavy atom. The van der Waals surface area contributed by atoms with Gasteiger partial charge in [0.25, 0.3) is 0 Å². The van der Waals surface area contributed by atoms with E-state index in [1.807, 2.05) is 13.0 Å². The van der Waals surface area contributed by atoms with E-state index in [-0.39, 0.29) is 23.1 Å². The van der Waals surface area contributed by atoms with Gasteiger partial charge < -0.3 is 14.6 Å². The Hall–Kier alpha value is -3.07. The van der Waals surface area contributed by atoms with Crippen LogP contribution in [-0.2, 0) is 16.0 Å². The van der Waals surface area contributed by atoms with Crippen molar-refractivity contribution in [1.82, 2.24) is 5.43 Å². The molecule has 2 aromatic carbocycles. The molecule has 2 aromatic rings. The van der Waals surface area contributed by atoms with Gasteiger partial charge in [-0.05, 0) is 75.6 Å². The molecule has 2 aliphatic rings. The number of ether oxygens (including phenoxy) is 2. The van der Waals surface area contributed by atoms with Crippen LogP contribution in [0.25, 0.3) is 5.57 Å². The van der Waals surface area contributed by atoms with Gasteiger partial charge >= 0.3 is 6.02 Å². The van der Waals surface area contributed by atoms with Crippen molar-refractivity contribution in [3.05, 3.63) is 58.3 Å². The number of rotatable bonds is 3. The predicted molar refractivity (Wildman–Crippen MR) is 124 cm³/mol. The molecule has 2 aliphatic heterocycles. The van der Waals surface area contributed by atoms with Crippen LogP contribution in [0.4, 0.5) is 11.4 Å². The average Bonchev–Trinajstić information content (AvgIpc) is 2.73. The van der Waals surface area contributed by atoms with Crippen molar-refractivity contribution in [1.29, 1.82) is 0 Å². The average molecular weight is 471 g/mol. The van der Waals surface area contributed by atoms with E-state index >= 15 is 0 Å². The zero-order valence-electron chi connectivity index (χ0n) is 19.0. The van der Waals surface area contributed by atoms with Crippen molar-refractivity contribution < 1.29 is 24.6 Å². The van der Waals surface area contributed by atoms with Gasteiger partial charge in [-0.2, -0.15) is 10.2 Å². The zero-order valence-corrected chi connectivity index (χ0v) is 19.8. The summed E-state index contributed by atoms with van der Waals surface area (Å²) in [5.41, 5.74) is 2.57. The highest BCUT2D eigenvalue weighted by Gasteiger charge is 2.43. The van der Waals surface area contributed by atoms with Gasteiger partial charge in [-0.15, -0.1) is 0 Å². The van der Waals surface area contributed by atoms with Crippen LogP contribution in [0.15, 0.2) is 47.1 Å². The standard InChI is InChI=1S/C24H26ClN3O5/c1-6-13-7-9-15(32-22-26-17-10-8-14(25)11-18(17)28(31)27-22)12-16(13)19-20(29)23(2,3)33-24(4,5)21(19)30/h7-12,29,31H,6H2,1-5H3,(H,26,27)/p-1. The lowest BCUT2D eigenvalue weighted by atomic mass is 9.81. The molecule has 4 rings (SSSR count). The number of hydrogen-bond acceptors (Lipinski definition) is 8. The molecule has 0 radical (unpaired) electrons. The molecule has 0 saturated carbocycles. The Labute approximate surface area is 197 Å². The molecule has 9 heteroatoms. The highest BCUT2D eigenvalue weighted by Crippen LogP contribution is 2.41. The van der Waals surface area contributed by atoms with Gasteiger partial charge in [-0.3, -0.25) is 10.0 Å². The highest BCUT2D eigenvalue weighted by atomic mass is 35.5. The van der Waals surface area contributed by atoms with Crippen LogP contribution in [0.2, 0.25) is 5.02 Å². The Morgan fingerprint density at radius 3 is 2.61 bits per heavy atom. The van der Waals surface area contributed by atoms with Gasteiger partial charge in [0.1, 0.15) is 17.0 Å². The molecule has 33 heavy (non-hydrogen) atoms. The van der Waals surface area contributed by atoms with E-state index in [4.69, 9.17) is 21.1 Å². The minimum absolute atomic E-state index is 0.0119. The monoisotopic (exact) mass is 470 g/mol. The summed E-state index contributed by atoms with van der Waals surface area (Å²) in [6.07, 6.45) is 0.610. The van der Waals surface area contributed by atoms with Crippen LogP contribution in [0.1, 0.15) is 45.7 Å². The van der Waals surface area contributed by atoms with Gasteiger partial charge in [-0.25, -0.2) is 5.43 Å². The van der Waals surface area contributed by atoms with E-state index < -0.39 is 11.2 Å². The quantitative estimate of drug-likeness (QED) is 0.700. The van der Waals surface area contributed by atoms with Crippen molar-refractivity contribution in [2.24, 2.45) is 4.99 Å². The predicted octanol–water partition coefficient (Wildman–Crippen LogP) is 3.91.